The maximum absolute atomic E-state index is 15.6. The van der Waals surface area contributed by atoms with E-state index in [0.717, 1.165) is 11.3 Å². The number of carbonyl (C=O) groups is 12. The number of nitrogens with zero attached hydrogens (tertiary/aromatic N) is 7. The molecule has 4 heterocycles. The van der Waals surface area contributed by atoms with Crippen molar-refractivity contribution in [1.29, 1.82) is 0 Å². The Kier molecular flexibility index (Phi) is 32.9. The SMILES string of the molecule is CC(C)C[C@H]1NC(=O)C[C@@H](C(=O)N2CCCCC2)NC(=O)[C@H](CC(C)C)N(C)C(=O)[C@H](Cc2ccccc2)NC(=O)[C@H](Cc2ccccc2)N(C)C(=O)[C@H]([C@@H](C)O)NC(=O)[C@H](CC(C)C)N(C)C(=O)[C@@H]2C[C@@H](OCCO)CN2C(=O)[C@H](CC(C)C)N(C)C(=O)[C@H](COC(C)(C)C)NC(=O)[C@@H]2CCCN2C1=O. The smallest absolute Gasteiger partial charge is 0.248 e. The first-order valence-corrected chi connectivity index (χ1v) is 38.0. The highest BCUT2D eigenvalue weighted by molar-refractivity contribution is 6.01. The minimum atomic E-state index is -1.75. The second kappa shape index (κ2) is 40.2. The van der Waals surface area contributed by atoms with Crippen LogP contribution in [0.4, 0.5) is 0 Å². The number of likely N-dealkylation sites (tertiary alicyclic amines) is 1. The third-order valence-corrected chi connectivity index (χ3v) is 20.2. The molecule has 4 aliphatic heterocycles. The summed E-state index contributed by atoms with van der Waals surface area (Å²) in [5.41, 5.74) is 0.350. The number of piperidine rings is 1. The zero-order valence-electron chi connectivity index (χ0n) is 65.5. The van der Waals surface area contributed by atoms with Crippen LogP contribution in [-0.4, -0.2) is 274 Å². The van der Waals surface area contributed by atoms with Crippen molar-refractivity contribution in [2.24, 2.45) is 23.7 Å². The van der Waals surface area contributed by atoms with E-state index in [1.165, 1.54) is 59.6 Å². The molecule has 28 heteroatoms. The van der Waals surface area contributed by atoms with Gasteiger partial charge in [0.2, 0.25) is 70.9 Å². The number of fused-ring (bicyclic) bond motifs is 2. The molecule has 4 fully saturated rings. The van der Waals surface area contributed by atoms with E-state index in [9.17, 15) is 24.6 Å². The van der Waals surface area contributed by atoms with Crippen LogP contribution in [0.2, 0.25) is 0 Å². The summed E-state index contributed by atoms with van der Waals surface area (Å²) in [7, 11) is 5.55. The first-order chi connectivity index (χ1) is 49.9. The number of benzene rings is 2. The van der Waals surface area contributed by atoms with Gasteiger partial charge in [-0.15, -0.1) is 0 Å². The van der Waals surface area contributed by atoms with Crippen LogP contribution < -0.4 is 26.6 Å². The van der Waals surface area contributed by atoms with Crippen LogP contribution in [0.3, 0.4) is 0 Å². The number of aliphatic hydroxyl groups is 2. The van der Waals surface area contributed by atoms with Crippen molar-refractivity contribution in [2.75, 3.05) is 74.2 Å². The highest BCUT2D eigenvalue weighted by Crippen LogP contribution is 2.29. The van der Waals surface area contributed by atoms with Gasteiger partial charge in [-0.2, -0.15) is 0 Å². The molecule has 0 aliphatic carbocycles. The van der Waals surface area contributed by atoms with Crippen molar-refractivity contribution in [2.45, 2.75) is 251 Å². The van der Waals surface area contributed by atoms with Gasteiger partial charge in [0.05, 0.1) is 44.1 Å². The van der Waals surface area contributed by atoms with E-state index in [1.807, 2.05) is 55.4 Å². The van der Waals surface area contributed by atoms with E-state index in [1.54, 1.807) is 86.3 Å². The van der Waals surface area contributed by atoms with Gasteiger partial charge in [0.25, 0.3) is 0 Å². The lowest BCUT2D eigenvalue weighted by Crippen LogP contribution is -2.63. The molecule has 12 amide bonds. The number of ether oxygens (including phenoxy) is 2. The number of aliphatic hydroxyl groups excluding tert-OH is 2. The Morgan fingerprint density at radius 2 is 1.01 bits per heavy atom. The molecule has 2 aromatic carbocycles. The third-order valence-electron chi connectivity index (χ3n) is 20.2. The fourth-order valence-electron chi connectivity index (χ4n) is 14.4. The van der Waals surface area contributed by atoms with Crippen LogP contribution >= 0.6 is 0 Å². The topological polar surface area (TPSA) is 347 Å². The molecule has 0 spiro atoms. The monoisotopic (exact) mass is 1480 g/mol. The van der Waals surface area contributed by atoms with Crippen molar-refractivity contribution in [3.8, 4) is 0 Å². The number of amides is 12. The Balaban J connectivity index is 1.52. The molecule has 0 radical (unpaired) electrons. The normalized spacial score (nSPS) is 26.8. The lowest BCUT2D eigenvalue weighted by molar-refractivity contribution is -0.154. The van der Waals surface area contributed by atoms with Gasteiger partial charge in [-0.1, -0.05) is 116 Å². The van der Waals surface area contributed by atoms with E-state index >= 15 is 43.2 Å². The van der Waals surface area contributed by atoms with Gasteiger partial charge in [-0.3, -0.25) is 57.5 Å². The molecule has 0 unspecified atom stereocenters. The number of nitrogens with one attached hydrogen (secondary N) is 5. The van der Waals surface area contributed by atoms with Gasteiger partial charge in [0.1, 0.15) is 66.5 Å². The summed E-state index contributed by atoms with van der Waals surface area (Å²) in [6.45, 7) is 21.0. The van der Waals surface area contributed by atoms with Crippen LogP contribution in [0.25, 0.3) is 0 Å². The zero-order valence-corrected chi connectivity index (χ0v) is 65.5. The lowest BCUT2D eigenvalue weighted by Gasteiger charge is -2.38. The van der Waals surface area contributed by atoms with Gasteiger partial charge in [-0.05, 0) is 120 Å². The van der Waals surface area contributed by atoms with E-state index in [4.69, 9.17) is 9.47 Å². The van der Waals surface area contributed by atoms with Crippen molar-refractivity contribution in [3.63, 3.8) is 0 Å². The molecule has 106 heavy (non-hydrogen) atoms. The van der Waals surface area contributed by atoms with E-state index < -0.39 is 162 Å². The van der Waals surface area contributed by atoms with Gasteiger partial charge >= 0.3 is 0 Å². The second-order valence-electron chi connectivity index (χ2n) is 31.9. The summed E-state index contributed by atoms with van der Waals surface area (Å²) in [6.07, 6.45) is -0.491. The minimum absolute atomic E-state index is 0.00980. The van der Waals surface area contributed by atoms with Crippen molar-refractivity contribution < 1.29 is 77.2 Å². The second-order valence-corrected chi connectivity index (χ2v) is 31.9. The maximum Gasteiger partial charge on any atom is 0.248 e. The number of hydrogen-bond donors (Lipinski definition) is 7. The van der Waals surface area contributed by atoms with Gasteiger partial charge in [0, 0.05) is 73.6 Å². The average Bonchev–Trinajstić information content (AvgIpc) is 1.53. The Bertz CT molecular complexity index is 3310. The molecular formula is C78H122N12O16. The predicted molar refractivity (Wildman–Crippen MR) is 398 cm³/mol. The Hall–Kier alpha value is -8.08. The van der Waals surface area contributed by atoms with E-state index in [0.29, 0.717) is 43.5 Å². The molecule has 13 atom stereocenters. The Labute approximate surface area is 626 Å². The fraction of sp³-hybridized carbons (Fsp3) is 0.692. The van der Waals surface area contributed by atoms with Crippen LogP contribution in [0, 0.1) is 23.7 Å². The first kappa shape index (κ1) is 86.8. The number of likely N-dealkylation sites (N-methyl/N-ethyl adjacent to an activating group) is 4. The predicted octanol–water partition coefficient (Wildman–Crippen LogP) is 2.97. The van der Waals surface area contributed by atoms with Crippen LogP contribution in [-0.2, 0) is 79.8 Å². The summed E-state index contributed by atoms with van der Waals surface area (Å²) >= 11 is 0. The molecule has 0 aromatic heterocycles. The molecular weight excluding hydrogens is 1360 g/mol. The van der Waals surface area contributed by atoms with Crippen LogP contribution in [0.1, 0.15) is 165 Å². The highest BCUT2D eigenvalue weighted by atomic mass is 16.5. The lowest BCUT2D eigenvalue weighted by atomic mass is 9.97. The summed E-state index contributed by atoms with van der Waals surface area (Å²) in [5.74, 6) is -9.85. The Morgan fingerprint density at radius 3 is 1.56 bits per heavy atom. The van der Waals surface area contributed by atoms with E-state index in [-0.39, 0.29) is 108 Å². The molecule has 4 aliphatic rings. The summed E-state index contributed by atoms with van der Waals surface area (Å²) in [5, 5.41) is 35.8. The molecule has 28 nitrogen and oxygen atoms in total. The summed E-state index contributed by atoms with van der Waals surface area (Å²) in [4.78, 5) is 192. The quantitative estimate of drug-likeness (QED) is 0.106. The van der Waals surface area contributed by atoms with Crippen LogP contribution in [0.5, 0.6) is 0 Å². The first-order valence-electron chi connectivity index (χ1n) is 38.0. The fourth-order valence-corrected chi connectivity index (χ4v) is 14.4. The molecule has 4 saturated heterocycles. The highest BCUT2D eigenvalue weighted by Gasteiger charge is 2.49. The molecule has 7 N–H and O–H groups in total. The number of hydrogen-bond acceptors (Lipinski definition) is 16. The minimum Gasteiger partial charge on any atom is -0.394 e. The standard InChI is InChI=1S/C78H122N12O16/c1-47(2)37-55-74(101)89-34-26-31-59(89)67(94)82-58(46-106-78(10,11)12)72(99)87(16)63(40-50(7)8)76(103)90-45-54(105-36-35-91)43-64(90)75(102)85(14)61(39-49(5)6)70(97)83-66(51(9)92)77(104)86(15)62(42-53-29-22-18-23-30-53)69(96)80-56(41-52-27-20-17-21-28-52)71(98)84(13)60(38-48(3)4)68(95)81-57(44-65(93)79-55)73(100)88-32-24-19-25-33-88/h17-18,20-23,27-30,47-51,54-64,66,91-92H,19,24-26,31-46H2,1-16H3,(H,79,93)(H,80,96)(H,81,95)(H,82,94)(H,83,97)/t51-,54-,55-,56+,57+,58+,59+,60+,61+,62+,63+,64+,66+/m1/s1. The number of rotatable bonds is 19. The van der Waals surface area contributed by atoms with E-state index in [2.05, 4.69) is 26.6 Å². The van der Waals surface area contributed by atoms with Gasteiger partial charge in [0.15, 0.2) is 0 Å². The van der Waals surface area contributed by atoms with Crippen molar-refractivity contribution >= 4 is 70.9 Å². The van der Waals surface area contributed by atoms with Crippen LogP contribution in [0.15, 0.2) is 60.7 Å². The van der Waals surface area contributed by atoms with Crippen molar-refractivity contribution in [3.05, 3.63) is 71.8 Å². The van der Waals surface area contributed by atoms with Gasteiger partial charge in [-0.25, -0.2) is 0 Å². The largest absolute Gasteiger partial charge is 0.394 e. The molecule has 590 valence electrons. The summed E-state index contributed by atoms with van der Waals surface area (Å²) < 4.78 is 12.2. The molecule has 0 bridgehead atoms. The Morgan fingerprint density at radius 1 is 0.509 bits per heavy atom. The molecule has 2 aromatic rings. The zero-order chi connectivity index (χ0) is 78.6. The summed E-state index contributed by atoms with van der Waals surface area (Å²) in [6, 6.07) is 2.31. The maximum atomic E-state index is 15.6. The molecule has 0 saturated carbocycles. The molecule has 6 rings (SSSR count). The van der Waals surface area contributed by atoms with Gasteiger partial charge < -0.3 is 80.6 Å². The van der Waals surface area contributed by atoms with Crippen molar-refractivity contribution in [1.82, 2.24) is 60.9 Å². The average molecular weight is 1480 g/mol. The number of carbonyl (C=O) groups excluding carboxylic acids is 12. The third kappa shape index (κ3) is 24.5.